The number of rotatable bonds is 7. The Morgan fingerprint density at radius 1 is 1.17 bits per heavy atom. The van der Waals surface area contributed by atoms with Gasteiger partial charge >= 0.3 is 5.97 Å². The lowest BCUT2D eigenvalue weighted by molar-refractivity contribution is -0.141. The predicted molar refractivity (Wildman–Crippen MR) is 114 cm³/mol. The molecule has 1 atom stereocenters. The first-order chi connectivity index (χ1) is 14.0. The van der Waals surface area contributed by atoms with Crippen molar-refractivity contribution in [2.24, 2.45) is 0 Å². The topological polar surface area (TPSA) is 77.5 Å². The number of hydrogen-bond acceptors (Lipinski definition) is 5. The number of fused-ring (bicyclic) bond motifs is 1. The average molecular weight is 478 g/mol. The summed E-state index contributed by atoms with van der Waals surface area (Å²) in [7, 11) is 1.31. The number of aromatic nitrogens is 1. The van der Waals surface area contributed by atoms with Crippen LogP contribution in [-0.2, 0) is 14.3 Å². The van der Waals surface area contributed by atoms with E-state index in [4.69, 9.17) is 21.1 Å². The van der Waals surface area contributed by atoms with Crippen molar-refractivity contribution >= 4 is 50.3 Å². The Kier molecular flexibility index (Phi) is 7.06. The van der Waals surface area contributed by atoms with E-state index >= 15 is 0 Å². The highest BCUT2D eigenvalue weighted by Gasteiger charge is 2.19. The van der Waals surface area contributed by atoms with Gasteiger partial charge in [-0.2, -0.15) is 0 Å². The number of ether oxygens (including phenoxy) is 2. The van der Waals surface area contributed by atoms with Crippen molar-refractivity contribution in [3.8, 4) is 5.75 Å². The number of benzene rings is 2. The summed E-state index contributed by atoms with van der Waals surface area (Å²) in [5.74, 6) is -0.346. The normalized spacial score (nSPS) is 11.7. The molecule has 0 saturated carbocycles. The van der Waals surface area contributed by atoms with Gasteiger partial charge in [0.2, 0.25) is 0 Å². The molecule has 1 N–H and O–H groups in total. The number of esters is 1. The monoisotopic (exact) mass is 476 g/mol. The quantitative estimate of drug-likeness (QED) is 0.509. The maximum atomic E-state index is 12.5. The van der Waals surface area contributed by atoms with Crippen LogP contribution in [0.1, 0.15) is 18.0 Å². The maximum Gasteiger partial charge on any atom is 0.307 e. The molecule has 0 radical (unpaired) electrons. The van der Waals surface area contributed by atoms with Crippen molar-refractivity contribution in [1.29, 1.82) is 0 Å². The zero-order valence-corrected chi connectivity index (χ0v) is 17.9. The number of carbonyl (C=O) groups is 2. The number of hydrogen-bond donors (Lipinski definition) is 1. The summed E-state index contributed by atoms with van der Waals surface area (Å²) in [6.07, 6.45) is 1.64. The molecular formula is C21H18BrClN2O4. The molecule has 0 spiro atoms. The lowest BCUT2D eigenvalue weighted by Crippen LogP contribution is -2.34. The highest BCUT2D eigenvalue weighted by atomic mass is 79.9. The minimum Gasteiger partial charge on any atom is -0.481 e. The first-order valence-corrected chi connectivity index (χ1v) is 9.92. The molecule has 6 nitrogen and oxygen atoms in total. The van der Waals surface area contributed by atoms with Crippen LogP contribution >= 0.6 is 27.5 Å². The van der Waals surface area contributed by atoms with Crippen molar-refractivity contribution < 1.29 is 19.1 Å². The van der Waals surface area contributed by atoms with Crippen LogP contribution in [0.3, 0.4) is 0 Å². The van der Waals surface area contributed by atoms with Crippen LogP contribution in [0.4, 0.5) is 0 Å². The van der Waals surface area contributed by atoms with Gasteiger partial charge in [0.15, 0.2) is 6.61 Å². The molecule has 2 aromatic carbocycles. The van der Waals surface area contributed by atoms with Crippen molar-refractivity contribution in [2.75, 3.05) is 13.7 Å². The summed E-state index contributed by atoms with van der Waals surface area (Å²) in [5.41, 5.74) is 1.36. The van der Waals surface area contributed by atoms with Gasteiger partial charge in [-0.15, -0.1) is 0 Å². The van der Waals surface area contributed by atoms with E-state index in [0.29, 0.717) is 16.3 Å². The Bertz CT molecular complexity index is 1030. The fraction of sp³-hybridized carbons (Fsp3) is 0.190. The van der Waals surface area contributed by atoms with Crippen molar-refractivity contribution in [2.45, 2.75) is 12.5 Å². The number of pyridine rings is 1. The molecule has 0 aliphatic heterocycles. The van der Waals surface area contributed by atoms with Crippen molar-refractivity contribution in [1.82, 2.24) is 10.3 Å². The van der Waals surface area contributed by atoms with Crippen LogP contribution in [0.15, 0.2) is 59.2 Å². The minimum absolute atomic E-state index is 0.00923. The molecule has 3 aromatic rings. The van der Waals surface area contributed by atoms with E-state index in [1.165, 1.54) is 7.11 Å². The standard InChI is InChI=1S/C21H18BrClN2O4/c1-28-20(27)11-17(13-4-6-14(22)7-5-13)25-19(26)12-29-18-9-8-16(23)15-3-2-10-24-21(15)18/h2-10,17H,11-12H2,1H3,(H,25,26). The summed E-state index contributed by atoms with van der Waals surface area (Å²) in [4.78, 5) is 28.5. The van der Waals surface area contributed by atoms with E-state index in [1.807, 2.05) is 30.3 Å². The number of carbonyl (C=O) groups excluding carboxylic acids is 2. The Labute approximate surface area is 181 Å². The van der Waals surface area contributed by atoms with Gasteiger partial charge in [0, 0.05) is 16.1 Å². The fourth-order valence-electron chi connectivity index (χ4n) is 2.81. The molecule has 29 heavy (non-hydrogen) atoms. The second kappa shape index (κ2) is 9.71. The van der Waals surface area contributed by atoms with Crippen molar-refractivity contribution in [3.05, 3.63) is 69.8 Å². The number of halogens is 2. The van der Waals surface area contributed by atoms with E-state index in [0.717, 1.165) is 15.4 Å². The molecule has 1 amide bonds. The lowest BCUT2D eigenvalue weighted by atomic mass is 10.0. The smallest absolute Gasteiger partial charge is 0.307 e. The molecule has 0 aliphatic rings. The van der Waals surface area contributed by atoms with Gasteiger partial charge in [-0.25, -0.2) is 0 Å². The summed E-state index contributed by atoms with van der Waals surface area (Å²) in [6, 6.07) is 13.8. The molecule has 1 heterocycles. The van der Waals surface area contributed by atoms with Gasteiger partial charge in [-0.3, -0.25) is 14.6 Å². The number of amides is 1. The fourth-order valence-corrected chi connectivity index (χ4v) is 3.28. The number of methoxy groups -OCH3 is 1. The molecule has 0 fully saturated rings. The minimum atomic E-state index is -0.535. The molecular weight excluding hydrogens is 460 g/mol. The van der Waals surface area contributed by atoms with Crippen molar-refractivity contribution in [3.63, 3.8) is 0 Å². The summed E-state index contributed by atoms with van der Waals surface area (Å²) >= 11 is 9.55. The molecule has 1 unspecified atom stereocenters. The second-order valence-corrected chi connectivity index (χ2v) is 7.51. The van der Waals surface area contributed by atoms with Crippen LogP contribution in [0.2, 0.25) is 5.02 Å². The second-order valence-electron chi connectivity index (χ2n) is 6.19. The largest absolute Gasteiger partial charge is 0.481 e. The summed E-state index contributed by atoms with van der Waals surface area (Å²) in [5, 5.41) is 4.12. The lowest BCUT2D eigenvalue weighted by Gasteiger charge is -2.19. The number of nitrogens with one attached hydrogen (secondary N) is 1. The van der Waals surface area contributed by atoms with Gasteiger partial charge in [0.1, 0.15) is 11.3 Å². The maximum absolute atomic E-state index is 12.5. The van der Waals surface area contributed by atoms with Gasteiger partial charge in [-0.05, 0) is 42.0 Å². The molecule has 150 valence electrons. The summed E-state index contributed by atoms with van der Waals surface area (Å²) in [6.45, 7) is -0.235. The van der Waals surface area contributed by atoms with Gasteiger partial charge in [-0.1, -0.05) is 39.7 Å². The van der Waals surface area contributed by atoms with E-state index in [-0.39, 0.29) is 18.9 Å². The number of nitrogens with zero attached hydrogens (tertiary/aromatic N) is 1. The Hall–Kier alpha value is -2.64. The highest BCUT2D eigenvalue weighted by molar-refractivity contribution is 9.10. The third kappa shape index (κ3) is 5.46. The van der Waals surface area contributed by atoms with Crippen LogP contribution in [0.25, 0.3) is 10.9 Å². The van der Waals surface area contributed by atoms with Gasteiger partial charge in [0.05, 0.1) is 24.6 Å². The van der Waals surface area contributed by atoms with Gasteiger partial charge in [0.25, 0.3) is 5.91 Å². The van der Waals surface area contributed by atoms with E-state index in [2.05, 4.69) is 26.2 Å². The Balaban J connectivity index is 1.71. The third-order valence-electron chi connectivity index (χ3n) is 4.24. The van der Waals surface area contributed by atoms with E-state index in [1.54, 1.807) is 24.4 Å². The van der Waals surface area contributed by atoms with Crippen LogP contribution in [0.5, 0.6) is 5.75 Å². The third-order valence-corrected chi connectivity index (χ3v) is 5.10. The van der Waals surface area contributed by atoms with Crippen LogP contribution < -0.4 is 10.1 Å². The molecule has 0 aliphatic carbocycles. The molecule has 1 aromatic heterocycles. The van der Waals surface area contributed by atoms with Crippen LogP contribution in [0, 0.1) is 0 Å². The predicted octanol–water partition coefficient (Wildman–Crippen LogP) is 4.45. The zero-order chi connectivity index (χ0) is 20.8. The van der Waals surface area contributed by atoms with Crippen LogP contribution in [-0.4, -0.2) is 30.6 Å². The van der Waals surface area contributed by atoms with Gasteiger partial charge < -0.3 is 14.8 Å². The zero-order valence-electron chi connectivity index (χ0n) is 15.5. The Morgan fingerprint density at radius 2 is 1.93 bits per heavy atom. The summed E-state index contributed by atoms with van der Waals surface area (Å²) < 4.78 is 11.3. The highest BCUT2D eigenvalue weighted by Crippen LogP contribution is 2.29. The SMILES string of the molecule is COC(=O)CC(NC(=O)COc1ccc(Cl)c2cccnc12)c1ccc(Br)cc1. The van der Waals surface area contributed by atoms with E-state index < -0.39 is 12.0 Å². The first kappa shape index (κ1) is 21.1. The average Bonchev–Trinajstić information content (AvgIpc) is 2.73. The van der Waals surface area contributed by atoms with E-state index in [9.17, 15) is 9.59 Å². The molecule has 3 rings (SSSR count). The molecule has 8 heteroatoms. The molecule has 0 bridgehead atoms. The first-order valence-electron chi connectivity index (χ1n) is 8.75. The molecule has 0 saturated heterocycles. The Morgan fingerprint density at radius 3 is 2.66 bits per heavy atom.